The average molecular weight is 246 g/mol. The Morgan fingerprint density at radius 1 is 1.61 bits per heavy atom. The minimum atomic E-state index is -0.901. The van der Waals surface area contributed by atoms with Crippen molar-refractivity contribution in [3.8, 4) is 0 Å². The first-order valence-electron chi connectivity index (χ1n) is 5.95. The first kappa shape index (κ1) is 11.2. The second kappa shape index (κ2) is 4.10. The van der Waals surface area contributed by atoms with Crippen LogP contribution in [0.5, 0.6) is 0 Å². The molecule has 1 fully saturated rings. The number of carboxylic acids is 1. The quantitative estimate of drug-likeness (QED) is 0.897. The number of ether oxygens (including phenoxy) is 1. The predicted molar refractivity (Wildman–Crippen MR) is 65.8 cm³/mol. The van der Waals surface area contributed by atoms with Gasteiger partial charge in [0.1, 0.15) is 0 Å². The van der Waals surface area contributed by atoms with E-state index in [0.29, 0.717) is 5.56 Å². The number of aryl methyl sites for hydroxylation is 1. The molecule has 0 unspecified atom stereocenters. The topological polar surface area (TPSA) is 64.4 Å². The van der Waals surface area contributed by atoms with Crippen LogP contribution in [0.3, 0.4) is 0 Å². The molecule has 1 N–H and O–H groups in total. The van der Waals surface area contributed by atoms with E-state index in [9.17, 15) is 4.79 Å². The third kappa shape index (κ3) is 1.76. The maximum absolute atomic E-state index is 11.1. The van der Waals surface area contributed by atoms with Gasteiger partial charge in [0.05, 0.1) is 35.6 Å². The molecule has 0 amide bonds. The van der Waals surface area contributed by atoms with Crippen LogP contribution in [-0.2, 0) is 11.3 Å². The summed E-state index contributed by atoms with van der Waals surface area (Å²) in [5, 5.41) is 9.14. The summed E-state index contributed by atoms with van der Waals surface area (Å²) in [6, 6.07) is 3.51. The number of hydrogen-bond donors (Lipinski definition) is 1. The lowest BCUT2D eigenvalue weighted by Crippen LogP contribution is -2.30. The van der Waals surface area contributed by atoms with Crippen molar-refractivity contribution in [2.45, 2.75) is 26.0 Å². The Morgan fingerprint density at radius 3 is 3.00 bits per heavy atom. The van der Waals surface area contributed by atoms with Gasteiger partial charge in [0.25, 0.3) is 0 Å². The van der Waals surface area contributed by atoms with Gasteiger partial charge in [-0.15, -0.1) is 0 Å². The molecule has 1 saturated heterocycles. The molecule has 5 nitrogen and oxygen atoms in total. The van der Waals surface area contributed by atoms with Crippen molar-refractivity contribution in [2.24, 2.45) is 0 Å². The molecule has 1 aliphatic heterocycles. The van der Waals surface area contributed by atoms with Crippen LogP contribution in [0, 0.1) is 6.92 Å². The van der Waals surface area contributed by atoms with Gasteiger partial charge in [0.15, 0.2) is 0 Å². The molecule has 18 heavy (non-hydrogen) atoms. The normalized spacial score (nSPS) is 18.8. The van der Waals surface area contributed by atoms with Crippen molar-refractivity contribution >= 4 is 17.0 Å². The lowest BCUT2D eigenvalue weighted by atomic mass is 10.1. The van der Waals surface area contributed by atoms with Crippen molar-refractivity contribution in [1.29, 1.82) is 0 Å². The highest BCUT2D eigenvalue weighted by Crippen LogP contribution is 2.21. The summed E-state index contributed by atoms with van der Waals surface area (Å²) in [4.78, 5) is 15.4. The molecule has 2 aromatic rings. The van der Waals surface area contributed by atoms with Crippen molar-refractivity contribution in [2.75, 3.05) is 6.61 Å². The summed E-state index contributed by atoms with van der Waals surface area (Å²) in [5.74, 6) is -0.901. The largest absolute Gasteiger partial charge is 0.478 e. The van der Waals surface area contributed by atoms with E-state index in [4.69, 9.17) is 9.84 Å². The number of rotatable bonds is 3. The third-order valence-electron chi connectivity index (χ3n) is 3.39. The van der Waals surface area contributed by atoms with Crippen LogP contribution in [0.4, 0.5) is 0 Å². The lowest BCUT2D eigenvalue weighted by Gasteiger charge is -2.26. The van der Waals surface area contributed by atoms with Gasteiger partial charge in [-0.05, 0) is 31.0 Å². The number of hydrogen-bond acceptors (Lipinski definition) is 3. The van der Waals surface area contributed by atoms with Gasteiger partial charge in [-0.3, -0.25) is 0 Å². The molecular weight excluding hydrogens is 232 g/mol. The Kier molecular flexibility index (Phi) is 2.56. The van der Waals surface area contributed by atoms with Crippen molar-refractivity contribution < 1.29 is 14.6 Å². The number of carbonyl (C=O) groups is 1. The average Bonchev–Trinajstić information content (AvgIpc) is 2.64. The molecule has 1 aromatic carbocycles. The van der Waals surface area contributed by atoms with Crippen LogP contribution in [-0.4, -0.2) is 33.3 Å². The van der Waals surface area contributed by atoms with Gasteiger partial charge in [-0.2, -0.15) is 0 Å². The molecule has 5 heteroatoms. The molecule has 94 valence electrons. The van der Waals surface area contributed by atoms with Crippen molar-refractivity contribution in [3.05, 3.63) is 29.6 Å². The highest BCUT2D eigenvalue weighted by atomic mass is 16.5. The molecule has 1 atom stereocenters. The van der Waals surface area contributed by atoms with E-state index in [2.05, 4.69) is 4.98 Å². The third-order valence-corrected chi connectivity index (χ3v) is 3.39. The summed E-state index contributed by atoms with van der Waals surface area (Å²) in [5.41, 5.74) is 2.75. The number of benzene rings is 1. The van der Waals surface area contributed by atoms with E-state index >= 15 is 0 Å². The van der Waals surface area contributed by atoms with Crippen LogP contribution >= 0.6 is 0 Å². The predicted octanol–water partition coefficient (Wildman–Crippen LogP) is 1.83. The van der Waals surface area contributed by atoms with E-state index in [1.165, 1.54) is 0 Å². The van der Waals surface area contributed by atoms with Crippen LogP contribution in [0.1, 0.15) is 22.3 Å². The first-order chi connectivity index (χ1) is 8.65. The molecule has 2 heterocycles. The zero-order valence-corrected chi connectivity index (χ0v) is 10.1. The fourth-order valence-electron chi connectivity index (χ4n) is 2.23. The highest BCUT2D eigenvalue weighted by molar-refractivity contribution is 5.94. The summed E-state index contributed by atoms with van der Waals surface area (Å²) in [6.45, 7) is 3.34. The molecule has 0 radical (unpaired) electrons. The van der Waals surface area contributed by atoms with E-state index < -0.39 is 5.97 Å². The van der Waals surface area contributed by atoms with Crippen LogP contribution in [0.15, 0.2) is 18.5 Å². The Labute approximate surface area is 104 Å². The Morgan fingerprint density at radius 2 is 2.39 bits per heavy atom. The summed E-state index contributed by atoms with van der Waals surface area (Å²) in [7, 11) is 0. The first-order valence-corrected chi connectivity index (χ1v) is 5.95. The molecule has 0 spiro atoms. The molecule has 0 saturated carbocycles. The van der Waals surface area contributed by atoms with Crippen molar-refractivity contribution in [3.63, 3.8) is 0 Å². The van der Waals surface area contributed by atoms with E-state index in [1.54, 1.807) is 19.3 Å². The van der Waals surface area contributed by atoms with Crippen LogP contribution in [0.2, 0.25) is 0 Å². The number of nitrogens with zero attached hydrogens (tertiary/aromatic N) is 2. The van der Waals surface area contributed by atoms with Gasteiger partial charge in [-0.25, -0.2) is 9.78 Å². The minimum absolute atomic E-state index is 0.233. The second-order valence-corrected chi connectivity index (χ2v) is 4.64. The molecular formula is C13H14N2O3. The van der Waals surface area contributed by atoms with E-state index in [-0.39, 0.29) is 6.10 Å². The fraction of sp³-hybridized carbons (Fsp3) is 0.385. The minimum Gasteiger partial charge on any atom is -0.478 e. The Balaban J connectivity index is 2.04. The monoisotopic (exact) mass is 246 g/mol. The number of fused-ring (bicyclic) bond motifs is 1. The Hall–Kier alpha value is -1.88. The molecule has 3 rings (SSSR count). The number of aromatic carboxylic acids is 1. The standard InChI is InChI=1S/C13H14N2O3/c1-8-4-11-12(5-10(8)13(16)17)15(7-14-11)6-9-2-3-18-9/h4-5,7,9H,2-3,6H2,1H3,(H,16,17)/t9-/m0/s1. The van der Waals surface area contributed by atoms with Crippen LogP contribution < -0.4 is 0 Å². The lowest BCUT2D eigenvalue weighted by molar-refractivity contribution is -0.0586. The molecule has 0 aliphatic carbocycles. The number of imidazole rings is 1. The van der Waals surface area contributed by atoms with Gasteiger partial charge < -0.3 is 14.4 Å². The fourth-order valence-corrected chi connectivity index (χ4v) is 2.23. The van der Waals surface area contributed by atoms with Crippen LogP contribution in [0.25, 0.3) is 11.0 Å². The number of carboxylic acid groups (broad SMARTS) is 1. The highest BCUT2D eigenvalue weighted by Gasteiger charge is 2.20. The van der Waals surface area contributed by atoms with E-state index in [1.807, 2.05) is 10.6 Å². The maximum Gasteiger partial charge on any atom is 0.336 e. The molecule has 1 aromatic heterocycles. The van der Waals surface area contributed by atoms with Gasteiger partial charge in [0, 0.05) is 6.61 Å². The molecule has 0 bridgehead atoms. The maximum atomic E-state index is 11.1. The Bertz CT molecular complexity index is 614. The van der Waals surface area contributed by atoms with Gasteiger partial charge in [-0.1, -0.05) is 0 Å². The zero-order chi connectivity index (χ0) is 12.7. The zero-order valence-electron chi connectivity index (χ0n) is 10.1. The summed E-state index contributed by atoms with van der Waals surface area (Å²) >= 11 is 0. The van der Waals surface area contributed by atoms with Gasteiger partial charge >= 0.3 is 5.97 Å². The summed E-state index contributed by atoms with van der Waals surface area (Å²) < 4.78 is 7.35. The van der Waals surface area contributed by atoms with Gasteiger partial charge in [0.2, 0.25) is 0 Å². The second-order valence-electron chi connectivity index (χ2n) is 4.64. The molecule has 1 aliphatic rings. The smallest absolute Gasteiger partial charge is 0.336 e. The SMILES string of the molecule is Cc1cc2ncn(C[C@@H]3CCO3)c2cc1C(=O)O. The van der Waals surface area contributed by atoms with Crippen molar-refractivity contribution in [1.82, 2.24) is 9.55 Å². The summed E-state index contributed by atoms with van der Waals surface area (Å²) in [6.07, 6.45) is 3.03. The number of aromatic nitrogens is 2. The van der Waals surface area contributed by atoms with E-state index in [0.717, 1.165) is 36.2 Å².